The van der Waals surface area contributed by atoms with Crippen molar-refractivity contribution in [1.82, 2.24) is 10.2 Å². The molecule has 1 heterocycles. The highest BCUT2D eigenvalue weighted by Crippen LogP contribution is 2.26. The number of aromatic nitrogens is 2. The fourth-order valence-corrected chi connectivity index (χ4v) is 3.29. The number of carbonyl (C=O) groups is 3. The number of hydrogen-bond donors (Lipinski definition) is 3. The van der Waals surface area contributed by atoms with Gasteiger partial charge in [-0.05, 0) is 24.3 Å². The van der Waals surface area contributed by atoms with Crippen LogP contribution in [-0.4, -0.2) is 33.7 Å². The Labute approximate surface area is 159 Å². The highest BCUT2D eigenvalue weighted by molar-refractivity contribution is 8.01. The molecule has 0 aliphatic carbocycles. The maximum absolute atomic E-state index is 12.0. The van der Waals surface area contributed by atoms with E-state index in [1.54, 1.807) is 38.1 Å². The first-order valence-corrected chi connectivity index (χ1v) is 9.58. The van der Waals surface area contributed by atoms with E-state index in [1.807, 2.05) is 0 Å². The molecule has 2 rings (SSSR count). The molecule has 0 atom stereocenters. The molecule has 0 aliphatic heterocycles. The largest absolute Gasteiger partial charge is 0.326 e. The molecular formula is C16H19N5O3S2. The third kappa shape index (κ3) is 6.45. The molecule has 1 aromatic heterocycles. The molecule has 0 saturated carbocycles. The van der Waals surface area contributed by atoms with E-state index in [-0.39, 0.29) is 29.4 Å². The number of amides is 3. The van der Waals surface area contributed by atoms with Gasteiger partial charge in [0.05, 0.1) is 5.75 Å². The summed E-state index contributed by atoms with van der Waals surface area (Å²) < 4.78 is 0.597. The molecule has 2 aromatic rings. The van der Waals surface area contributed by atoms with E-state index in [4.69, 9.17) is 0 Å². The first kappa shape index (κ1) is 19.9. The minimum Gasteiger partial charge on any atom is -0.326 e. The molecular weight excluding hydrogens is 374 g/mol. The molecule has 0 saturated heterocycles. The van der Waals surface area contributed by atoms with E-state index in [1.165, 1.54) is 30.0 Å². The van der Waals surface area contributed by atoms with Crippen LogP contribution in [0.3, 0.4) is 0 Å². The number of anilines is 3. The van der Waals surface area contributed by atoms with Gasteiger partial charge in [-0.1, -0.05) is 36.9 Å². The molecule has 1 aromatic carbocycles. The van der Waals surface area contributed by atoms with Crippen molar-refractivity contribution in [2.45, 2.75) is 25.1 Å². The minimum absolute atomic E-state index is 0.127. The van der Waals surface area contributed by atoms with Crippen molar-refractivity contribution in [3.8, 4) is 0 Å². The summed E-state index contributed by atoms with van der Waals surface area (Å²) in [4.78, 5) is 34.6. The zero-order valence-corrected chi connectivity index (χ0v) is 16.2. The van der Waals surface area contributed by atoms with Crippen molar-refractivity contribution in [3.05, 3.63) is 24.3 Å². The summed E-state index contributed by atoms with van der Waals surface area (Å²) in [6, 6.07) is 6.83. The number of nitrogens with one attached hydrogen (secondary N) is 3. The van der Waals surface area contributed by atoms with Crippen molar-refractivity contribution in [2.24, 2.45) is 5.92 Å². The summed E-state index contributed by atoms with van der Waals surface area (Å²) in [5.74, 6) is -0.444. The van der Waals surface area contributed by atoms with Gasteiger partial charge >= 0.3 is 0 Å². The zero-order chi connectivity index (χ0) is 19.1. The van der Waals surface area contributed by atoms with Crippen LogP contribution in [0.2, 0.25) is 0 Å². The maximum Gasteiger partial charge on any atom is 0.234 e. The number of carbonyl (C=O) groups excluding carboxylic acids is 3. The SMILES string of the molecule is CC(=O)Nc1ccc(NC(=O)CSc2nnc(NC(=O)C(C)C)s2)cc1. The van der Waals surface area contributed by atoms with Gasteiger partial charge in [0.1, 0.15) is 0 Å². The van der Waals surface area contributed by atoms with E-state index < -0.39 is 0 Å². The Morgan fingerprint density at radius 2 is 1.65 bits per heavy atom. The van der Waals surface area contributed by atoms with Crippen molar-refractivity contribution >= 4 is 57.3 Å². The molecule has 0 fully saturated rings. The minimum atomic E-state index is -0.190. The summed E-state index contributed by atoms with van der Waals surface area (Å²) >= 11 is 2.46. The Balaban J connectivity index is 1.80. The average Bonchev–Trinajstić information content (AvgIpc) is 3.01. The number of benzene rings is 1. The number of hydrogen-bond acceptors (Lipinski definition) is 7. The smallest absolute Gasteiger partial charge is 0.234 e. The van der Waals surface area contributed by atoms with Crippen LogP contribution >= 0.6 is 23.1 Å². The van der Waals surface area contributed by atoms with Gasteiger partial charge in [-0.2, -0.15) is 0 Å². The van der Waals surface area contributed by atoms with Crippen LogP contribution in [0.15, 0.2) is 28.6 Å². The number of rotatable bonds is 7. The highest BCUT2D eigenvalue weighted by Gasteiger charge is 2.12. The molecule has 8 nitrogen and oxygen atoms in total. The molecule has 0 radical (unpaired) electrons. The lowest BCUT2D eigenvalue weighted by molar-refractivity contribution is -0.119. The third-order valence-electron chi connectivity index (χ3n) is 2.98. The summed E-state index contributed by atoms with van der Waals surface area (Å²) in [6.45, 7) is 5.01. The van der Waals surface area contributed by atoms with Crippen LogP contribution in [0.4, 0.5) is 16.5 Å². The lowest BCUT2D eigenvalue weighted by Crippen LogP contribution is -2.17. The summed E-state index contributed by atoms with van der Waals surface area (Å²) in [7, 11) is 0. The molecule has 138 valence electrons. The summed E-state index contributed by atoms with van der Waals surface area (Å²) in [5, 5.41) is 16.3. The van der Waals surface area contributed by atoms with Crippen LogP contribution in [0.1, 0.15) is 20.8 Å². The molecule has 10 heteroatoms. The molecule has 26 heavy (non-hydrogen) atoms. The monoisotopic (exact) mass is 393 g/mol. The molecule has 0 spiro atoms. The fraction of sp³-hybridized carbons (Fsp3) is 0.312. The highest BCUT2D eigenvalue weighted by atomic mass is 32.2. The standard InChI is InChI=1S/C16H19N5O3S2/c1-9(2)14(24)19-15-20-21-16(26-15)25-8-13(23)18-12-6-4-11(5-7-12)17-10(3)22/h4-7,9H,8H2,1-3H3,(H,17,22)(H,18,23)(H,19,20,24). The number of nitrogens with zero attached hydrogens (tertiary/aromatic N) is 2. The lowest BCUT2D eigenvalue weighted by atomic mass is 10.2. The van der Waals surface area contributed by atoms with E-state index in [0.717, 1.165) is 0 Å². The van der Waals surface area contributed by atoms with Gasteiger partial charge in [-0.25, -0.2) is 0 Å². The maximum atomic E-state index is 12.0. The molecule has 3 N–H and O–H groups in total. The van der Waals surface area contributed by atoms with E-state index >= 15 is 0 Å². The van der Waals surface area contributed by atoms with E-state index in [9.17, 15) is 14.4 Å². The lowest BCUT2D eigenvalue weighted by Gasteiger charge is -2.06. The topological polar surface area (TPSA) is 113 Å². The van der Waals surface area contributed by atoms with Gasteiger partial charge in [0, 0.05) is 24.2 Å². The van der Waals surface area contributed by atoms with Crippen molar-refractivity contribution in [3.63, 3.8) is 0 Å². The van der Waals surface area contributed by atoms with Crippen LogP contribution in [0.25, 0.3) is 0 Å². The van der Waals surface area contributed by atoms with Gasteiger partial charge in [0.15, 0.2) is 4.34 Å². The predicted molar refractivity (Wildman–Crippen MR) is 103 cm³/mol. The van der Waals surface area contributed by atoms with Gasteiger partial charge < -0.3 is 16.0 Å². The van der Waals surface area contributed by atoms with E-state index in [0.29, 0.717) is 20.8 Å². The third-order valence-corrected chi connectivity index (χ3v) is 4.95. The predicted octanol–water partition coefficient (Wildman–Crippen LogP) is 2.82. The second-order valence-electron chi connectivity index (χ2n) is 5.61. The molecule has 3 amide bonds. The van der Waals surface area contributed by atoms with Gasteiger partial charge in [-0.15, -0.1) is 10.2 Å². The summed E-state index contributed by atoms with van der Waals surface area (Å²) in [6.07, 6.45) is 0. The van der Waals surface area contributed by atoms with Crippen molar-refractivity contribution in [1.29, 1.82) is 0 Å². The van der Waals surface area contributed by atoms with Crippen LogP contribution in [0.5, 0.6) is 0 Å². The Bertz CT molecular complexity index is 789. The van der Waals surface area contributed by atoms with Crippen molar-refractivity contribution < 1.29 is 14.4 Å². The van der Waals surface area contributed by atoms with E-state index in [2.05, 4.69) is 26.1 Å². The normalized spacial score (nSPS) is 10.5. The Kier molecular flexibility index (Phi) is 7.10. The van der Waals surface area contributed by atoms with Gasteiger partial charge in [0.2, 0.25) is 22.9 Å². The first-order chi connectivity index (χ1) is 12.3. The average molecular weight is 393 g/mol. The van der Waals surface area contributed by atoms with Gasteiger partial charge in [0.25, 0.3) is 0 Å². The van der Waals surface area contributed by atoms with Crippen molar-refractivity contribution in [2.75, 3.05) is 21.7 Å². The summed E-state index contributed by atoms with van der Waals surface area (Å²) in [5.41, 5.74) is 1.29. The van der Waals surface area contributed by atoms with Gasteiger partial charge in [-0.3, -0.25) is 14.4 Å². The molecule has 0 unspecified atom stereocenters. The zero-order valence-electron chi connectivity index (χ0n) is 14.5. The van der Waals surface area contributed by atoms with Crippen LogP contribution < -0.4 is 16.0 Å². The second-order valence-corrected chi connectivity index (χ2v) is 7.81. The Morgan fingerprint density at radius 1 is 1.04 bits per heavy atom. The second kappa shape index (κ2) is 9.30. The van der Waals surface area contributed by atoms with Crippen LogP contribution in [0, 0.1) is 5.92 Å². The van der Waals surface area contributed by atoms with Crippen LogP contribution in [-0.2, 0) is 14.4 Å². The first-order valence-electron chi connectivity index (χ1n) is 7.78. The fourth-order valence-electron chi connectivity index (χ4n) is 1.73. The molecule has 0 aliphatic rings. The Hall–Kier alpha value is -2.46. The number of thioether (sulfide) groups is 1. The Morgan fingerprint density at radius 3 is 2.23 bits per heavy atom. The quantitative estimate of drug-likeness (QED) is 0.492. The molecule has 0 bridgehead atoms.